The Labute approximate surface area is 141 Å². The third kappa shape index (κ3) is 3.56. The van der Waals surface area contributed by atoms with E-state index in [1.54, 1.807) is 25.6 Å². The average molecular weight is 327 g/mol. The minimum Gasteiger partial charge on any atom is -0.497 e. The Morgan fingerprint density at radius 3 is 2.50 bits per heavy atom. The molecule has 1 aromatic carbocycles. The fraction of sp³-hybridized carbons (Fsp3) is 0.353. The largest absolute Gasteiger partial charge is 0.497 e. The number of aryl methyl sites for hydroxylation is 1. The highest BCUT2D eigenvalue weighted by atomic mass is 16.5. The summed E-state index contributed by atoms with van der Waals surface area (Å²) in [6, 6.07) is 7.31. The van der Waals surface area contributed by atoms with Crippen molar-refractivity contribution < 1.29 is 9.53 Å². The van der Waals surface area contributed by atoms with Crippen molar-refractivity contribution in [2.45, 2.75) is 6.92 Å². The molecule has 0 saturated carbocycles. The molecule has 7 nitrogen and oxygen atoms in total. The molecule has 0 aliphatic carbocycles. The number of anilines is 2. The van der Waals surface area contributed by atoms with E-state index in [1.807, 2.05) is 30.0 Å². The Hall–Kier alpha value is -2.83. The number of methoxy groups -OCH3 is 1. The standard InChI is InChI=1S/C17H21N5O2/c1-13-12-14(24-2)4-5-15(13)20-17(23)22-10-8-21(9-11-22)16-18-6-3-7-19-16/h3-7,12H,8-11H2,1-2H3,(H,20,23). The van der Waals surface area contributed by atoms with Gasteiger partial charge in [0, 0.05) is 44.3 Å². The highest BCUT2D eigenvalue weighted by Gasteiger charge is 2.22. The fourth-order valence-corrected chi connectivity index (χ4v) is 2.66. The summed E-state index contributed by atoms with van der Waals surface area (Å²) in [4.78, 5) is 24.8. The van der Waals surface area contributed by atoms with Gasteiger partial charge in [-0.1, -0.05) is 0 Å². The predicted molar refractivity (Wildman–Crippen MR) is 92.6 cm³/mol. The smallest absolute Gasteiger partial charge is 0.321 e. The van der Waals surface area contributed by atoms with Crippen LogP contribution in [0.25, 0.3) is 0 Å². The van der Waals surface area contributed by atoms with Gasteiger partial charge in [0.05, 0.1) is 7.11 Å². The highest BCUT2D eigenvalue weighted by molar-refractivity contribution is 5.90. The van der Waals surface area contributed by atoms with Gasteiger partial charge in [0.2, 0.25) is 5.95 Å². The number of urea groups is 1. The summed E-state index contributed by atoms with van der Waals surface area (Å²) in [5.41, 5.74) is 1.77. The Morgan fingerprint density at radius 2 is 1.88 bits per heavy atom. The summed E-state index contributed by atoms with van der Waals surface area (Å²) < 4.78 is 5.18. The lowest BCUT2D eigenvalue weighted by Gasteiger charge is -2.34. The molecule has 126 valence electrons. The van der Waals surface area contributed by atoms with E-state index >= 15 is 0 Å². The van der Waals surface area contributed by atoms with Gasteiger partial charge in [0.15, 0.2) is 0 Å². The van der Waals surface area contributed by atoms with E-state index in [0.29, 0.717) is 19.0 Å². The number of carbonyl (C=O) groups excluding carboxylic acids is 1. The van der Waals surface area contributed by atoms with Gasteiger partial charge in [-0.05, 0) is 36.8 Å². The molecule has 2 aromatic rings. The molecule has 1 aliphatic rings. The summed E-state index contributed by atoms with van der Waals surface area (Å²) in [6.07, 6.45) is 3.46. The van der Waals surface area contributed by atoms with Crippen molar-refractivity contribution in [3.8, 4) is 5.75 Å². The van der Waals surface area contributed by atoms with Crippen molar-refractivity contribution in [3.05, 3.63) is 42.2 Å². The van der Waals surface area contributed by atoms with E-state index in [2.05, 4.69) is 20.2 Å². The van der Waals surface area contributed by atoms with Crippen molar-refractivity contribution >= 4 is 17.7 Å². The molecule has 2 amide bonds. The zero-order chi connectivity index (χ0) is 16.9. The number of ether oxygens (including phenoxy) is 1. The van der Waals surface area contributed by atoms with Crippen LogP contribution in [0.3, 0.4) is 0 Å². The van der Waals surface area contributed by atoms with Gasteiger partial charge in [0.25, 0.3) is 0 Å². The zero-order valence-electron chi connectivity index (χ0n) is 13.9. The molecular formula is C17H21N5O2. The number of nitrogens with zero attached hydrogens (tertiary/aromatic N) is 4. The molecule has 2 heterocycles. The van der Waals surface area contributed by atoms with Gasteiger partial charge < -0.3 is 19.9 Å². The summed E-state index contributed by atoms with van der Waals surface area (Å²) in [5, 5.41) is 2.97. The van der Waals surface area contributed by atoms with Crippen LogP contribution in [0.5, 0.6) is 5.75 Å². The Morgan fingerprint density at radius 1 is 1.17 bits per heavy atom. The molecule has 0 unspecified atom stereocenters. The van der Waals surface area contributed by atoms with Crippen LogP contribution in [-0.2, 0) is 0 Å². The normalized spacial score (nSPS) is 14.4. The third-order valence-corrected chi connectivity index (χ3v) is 4.08. The van der Waals surface area contributed by atoms with Crippen molar-refractivity contribution in [1.29, 1.82) is 0 Å². The maximum Gasteiger partial charge on any atom is 0.321 e. The molecular weight excluding hydrogens is 306 g/mol. The van der Waals surface area contributed by atoms with Crippen LogP contribution in [0.4, 0.5) is 16.4 Å². The minimum atomic E-state index is -0.0862. The quantitative estimate of drug-likeness (QED) is 0.935. The van der Waals surface area contributed by atoms with Crippen LogP contribution < -0.4 is 15.0 Å². The fourth-order valence-electron chi connectivity index (χ4n) is 2.66. The first-order chi connectivity index (χ1) is 11.7. The summed E-state index contributed by atoms with van der Waals surface area (Å²) in [7, 11) is 1.63. The van der Waals surface area contributed by atoms with Crippen LogP contribution in [0, 0.1) is 6.92 Å². The molecule has 3 rings (SSSR count). The number of amides is 2. The average Bonchev–Trinajstić information content (AvgIpc) is 2.64. The molecule has 0 atom stereocenters. The van der Waals surface area contributed by atoms with Gasteiger partial charge >= 0.3 is 6.03 Å². The van der Waals surface area contributed by atoms with E-state index in [9.17, 15) is 4.79 Å². The Balaban J connectivity index is 1.57. The molecule has 1 aliphatic heterocycles. The maximum absolute atomic E-state index is 12.5. The molecule has 1 fully saturated rings. The first kappa shape index (κ1) is 16.0. The van der Waals surface area contributed by atoms with E-state index in [1.165, 1.54) is 0 Å². The van der Waals surface area contributed by atoms with Crippen molar-refractivity contribution in [1.82, 2.24) is 14.9 Å². The summed E-state index contributed by atoms with van der Waals surface area (Å²) in [5.74, 6) is 1.49. The molecule has 7 heteroatoms. The molecule has 1 saturated heterocycles. The molecule has 0 spiro atoms. The first-order valence-electron chi connectivity index (χ1n) is 7.90. The lowest BCUT2D eigenvalue weighted by Crippen LogP contribution is -2.50. The lowest BCUT2D eigenvalue weighted by atomic mass is 10.2. The predicted octanol–water partition coefficient (Wildman–Crippen LogP) is 2.15. The molecule has 1 N–H and O–H groups in total. The zero-order valence-corrected chi connectivity index (χ0v) is 13.9. The number of nitrogens with one attached hydrogen (secondary N) is 1. The van der Waals surface area contributed by atoms with Crippen molar-refractivity contribution in [3.63, 3.8) is 0 Å². The van der Waals surface area contributed by atoms with E-state index in [-0.39, 0.29) is 6.03 Å². The number of hydrogen-bond donors (Lipinski definition) is 1. The minimum absolute atomic E-state index is 0.0862. The van der Waals surface area contributed by atoms with Crippen molar-refractivity contribution in [2.75, 3.05) is 43.5 Å². The maximum atomic E-state index is 12.5. The second-order valence-corrected chi connectivity index (χ2v) is 5.63. The molecule has 24 heavy (non-hydrogen) atoms. The van der Waals surface area contributed by atoms with Crippen LogP contribution in [0.1, 0.15) is 5.56 Å². The lowest BCUT2D eigenvalue weighted by molar-refractivity contribution is 0.208. The van der Waals surface area contributed by atoms with Crippen LogP contribution >= 0.6 is 0 Å². The summed E-state index contributed by atoms with van der Waals surface area (Å²) in [6.45, 7) is 4.67. The Bertz CT molecular complexity index is 699. The SMILES string of the molecule is COc1ccc(NC(=O)N2CCN(c3ncccn3)CC2)c(C)c1. The molecule has 0 bridgehead atoms. The van der Waals surface area contributed by atoms with E-state index in [4.69, 9.17) is 4.74 Å². The second-order valence-electron chi connectivity index (χ2n) is 5.63. The van der Waals surface area contributed by atoms with Gasteiger partial charge in [-0.3, -0.25) is 0 Å². The van der Waals surface area contributed by atoms with Crippen LogP contribution in [0.2, 0.25) is 0 Å². The number of carbonyl (C=O) groups is 1. The third-order valence-electron chi connectivity index (χ3n) is 4.08. The van der Waals surface area contributed by atoms with Gasteiger partial charge in [-0.15, -0.1) is 0 Å². The number of benzene rings is 1. The number of aromatic nitrogens is 2. The van der Waals surface area contributed by atoms with Crippen LogP contribution in [-0.4, -0.2) is 54.2 Å². The molecule has 1 aromatic heterocycles. The van der Waals surface area contributed by atoms with Crippen LogP contribution in [0.15, 0.2) is 36.7 Å². The van der Waals surface area contributed by atoms with E-state index < -0.39 is 0 Å². The van der Waals surface area contributed by atoms with Gasteiger partial charge in [-0.2, -0.15) is 0 Å². The Kier molecular flexibility index (Phi) is 4.79. The highest BCUT2D eigenvalue weighted by Crippen LogP contribution is 2.21. The van der Waals surface area contributed by atoms with Crippen molar-refractivity contribution in [2.24, 2.45) is 0 Å². The topological polar surface area (TPSA) is 70.6 Å². The second kappa shape index (κ2) is 7.16. The number of rotatable bonds is 3. The number of hydrogen-bond acceptors (Lipinski definition) is 5. The van der Waals surface area contributed by atoms with Gasteiger partial charge in [-0.25, -0.2) is 14.8 Å². The molecule has 0 radical (unpaired) electrons. The monoisotopic (exact) mass is 327 g/mol. The van der Waals surface area contributed by atoms with Gasteiger partial charge in [0.1, 0.15) is 5.75 Å². The summed E-state index contributed by atoms with van der Waals surface area (Å²) >= 11 is 0. The first-order valence-corrected chi connectivity index (χ1v) is 7.90. The van der Waals surface area contributed by atoms with E-state index in [0.717, 1.165) is 30.1 Å². The number of piperazine rings is 1.